The first-order valence-corrected chi connectivity index (χ1v) is 4.90. The molecule has 0 spiro atoms. The maximum atomic E-state index is 4.60. The lowest BCUT2D eigenvalue weighted by atomic mass is 10.8. The van der Waals surface area contributed by atoms with Gasteiger partial charge in [-0.15, -0.1) is 0 Å². The Labute approximate surface area is 48.6 Å². The third-order valence-corrected chi connectivity index (χ3v) is 2.12. The van der Waals surface area contributed by atoms with Crippen LogP contribution in [0.5, 0.6) is 0 Å². The maximum absolute atomic E-state index is 4.60. The summed E-state index contributed by atoms with van der Waals surface area (Å²) >= 11 is 6.22. The molecule has 0 aromatic carbocycles. The van der Waals surface area contributed by atoms with E-state index < -0.39 is 0 Å². The number of hydrogen-bond donors (Lipinski definition) is 0. The molecule has 0 N–H and O–H groups in total. The molecule has 0 heterocycles. The van der Waals surface area contributed by atoms with Crippen molar-refractivity contribution in [1.29, 1.82) is 0 Å². The first-order chi connectivity index (χ1) is 2.91. The van der Waals surface area contributed by atoms with Crippen LogP contribution in [0, 0.1) is 0 Å². The zero-order valence-corrected chi connectivity index (χ0v) is 5.95. The van der Waals surface area contributed by atoms with E-state index in [4.69, 9.17) is 0 Å². The fourth-order valence-corrected chi connectivity index (χ4v) is 1.22. The van der Waals surface area contributed by atoms with Crippen LogP contribution in [0.1, 0.15) is 6.92 Å². The van der Waals surface area contributed by atoms with Crippen LogP contribution in [0.2, 0.25) is 0 Å². The second-order valence-electron chi connectivity index (χ2n) is 0.649. The van der Waals surface area contributed by atoms with E-state index in [-0.39, 0.29) is 0 Å². The lowest BCUT2D eigenvalue weighted by Gasteiger charge is -1.66. The summed E-state index contributed by atoms with van der Waals surface area (Å²) in [6.45, 7) is 2.94. The van der Waals surface area contributed by atoms with Crippen molar-refractivity contribution in [3.05, 3.63) is 11.5 Å². The molecule has 0 bridgehead atoms. The number of rotatable bonds is 2. The normalized spacial score (nSPS) is 10.8. The minimum Gasteiger partial charge on any atom is -0.0806 e. The van der Waals surface area contributed by atoms with E-state index in [1.165, 1.54) is 0 Å². The molecule has 0 aliphatic carbocycles. The zero-order valence-electron chi connectivity index (χ0n) is 3.42. The average Bonchev–Trinajstić information content (AvgIpc) is 1.61. The van der Waals surface area contributed by atoms with Crippen molar-refractivity contribution in [1.82, 2.24) is 0 Å². The predicted octanol–water partition coefficient (Wildman–Crippen LogP) is 2.58. The minimum atomic E-state index is 0.959. The monoisotopic (exact) mass is 136 g/mol. The van der Waals surface area contributed by atoms with Crippen LogP contribution in [0.15, 0.2) is 11.5 Å². The highest BCUT2D eigenvalue weighted by Gasteiger charge is 1.60. The Hall–Kier alpha value is 0.610. The van der Waals surface area contributed by atoms with Crippen molar-refractivity contribution in [3.8, 4) is 0 Å². The van der Waals surface area contributed by atoms with Gasteiger partial charge in [0.1, 0.15) is 0 Å². The molecule has 0 aromatic rings. The standard InChI is InChI=1S/C3H5PS2/c1-2-3-6-4-5/h2-3H,1H3. The Balaban J connectivity index is 2.85. The Morgan fingerprint density at radius 1 is 1.83 bits per heavy atom. The van der Waals surface area contributed by atoms with Gasteiger partial charge < -0.3 is 0 Å². The summed E-state index contributed by atoms with van der Waals surface area (Å²) in [5.41, 5.74) is 0. The van der Waals surface area contributed by atoms with Crippen molar-refractivity contribution in [2.45, 2.75) is 6.92 Å². The van der Waals surface area contributed by atoms with Crippen molar-refractivity contribution in [3.63, 3.8) is 0 Å². The molecule has 0 atom stereocenters. The molecule has 3 heteroatoms. The molecule has 0 nitrogen and oxygen atoms in total. The van der Waals surface area contributed by atoms with E-state index in [1.807, 2.05) is 18.4 Å². The Kier molecular flexibility index (Phi) is 6.18. The Bertz CT molecular complexity index is 59.8. The van der Waals surface area contributed by atoms with Gasteiger partial charge in [-0.25, -0.2) is 0 Å². The molecule has 34 valence electrons. The molecular formula is C3H5PS2. The predicted molar refractivity (Wildman–Crippen MR) is 36.7 cm³/mol. The number of allylic oxidation sites excluding steroid dienone is 1. The van der Waals surface area contributed by atoms with Crippen LogP contribution in [-0.2, 0) is 11.8 Å². The molecule has 0 saturated carbocycles. The van der Waals surface area contributed by atoms with E-state index in [0.29, 0.717) is 0 Å². The van der Waals surface area contributed by atoms with Gasteiger partial charge in [-0.05, 0) is 24.1 Å². The summed E-state index contributed by atoms with van der Waals surface area (Å²) in [6.07, 6.45) is 1.98. The van der Waals surface area contributed by atoms with Crippen molar-refractivity contribution in [2.75, 3.05) is 0 Å². The molecule has 0 aromatic heterocycles. The van der Waals surface area contributed by atoms with Crippen LogP contribution in [0.25, 0.3) is 0 Å². The molecule has 0 saturated heterocycles. The summed E-state index contributed by atoms with van der Waals surface area (Å²) in [7, 11) is 0. The second kappa shape index (κ2) is 5.61. The van der Waals surface area contributed by atoms with Gasteiger partial charge in [-0.3, -0.25) is 0 Å². The van der Waals surface area contributed by atoms with Crippen LogP contribution in [0.4, 0.5) is 0 Å². The highest BCUT2D eigenvalue weighted by molar-refractivity contribution is 8.59. The van der Waals surface area contributed by atoms with Crippen LogP contribution >= 0.6 is 17.9 Å². The molecule has 0 aliphatic rings. The molecule has 0 aliphatic heterocycles. The quantitative estimate of drug-likeness (QED) is 0.535. The van der Waals surface area contributed by atoms with Gasteiger partial charge in [0.2, 0.25) is 0 Å². The first-order valence-electron chi connectivity index (χ1n) is 1.51. The van der Waals surface area contributed by atoms with Crippen molar-refractivity contribution >= 4 is 29.7 Å². The number of hydrogen-bond acceptors (Lipinski definition) is 2. The van der Waals surface area contributed by atoms with Crippen molar-refractivity contribution < 1.29 is 0 Å². The molecule has 6 heavy (non-hydrogen) atoms. The third-order valence-electron chi connectivity index (χ3n) is 0.240. The van der Waals surface area contributed by atoms with Gasteiger partial charge in [0.15, 0.2) is 0 Å². The topological polar surface area (TPSA) is 0 Å². The van der Waals surface area contributed by atoms with E-state index >= 15 is 0 Å². The molecular weight excluding hydrogens is 131 g/mol. The van der Waals surface area contributed by atoms with Crippen LogP contribution < -0.4 is 0 Å². The van der Waals surface area contributed by atoms with Gasteiger partial charge in [-0.1, -0.05) is 17.5 Å². The lowest BCUT2D eigenvalue weighted by molar-refractivity contribution is 1.79. The fraction of sp³-hybridized carbons (Fsp3) is 0.333. The molecule has 0 rings (SSSR count). The molecule has 0 radical (unpaired) electrons. The van der Waals surface area contributed by atoms with Crippen molar-refractivity contribution in [2.24, 2.45) is 0 Å². The average molecular weight is 136 g/mol. The largest absolute Gasteiger partial charge is 0.0806 e. The van der Waals surface area contributed by atoms with Gasteiger partial charge >= 0.3 is 0 Å². The summed E-state index contributed by atoms with van der Waals surface area (Å²) in [6, 6.07) is 0. The summed E-state index contributed by atoms with van der Waals surface area (Å²) in [5, 5.41) is 1.98. The zero-order chi connectivity index (χ0) is 4.83. The van der Waals surface area contributed by atoms with E-state index in [1.54, 1.807) is 11.4 Å². The second-order valence-corrected chi connectivity index (χ2v) is 3.70. The first kappa shape index (κ1) is 6.61. The molecule has 0 amide bonds. The minimum absolute atomic E-state index is 0.959. The van der Waals surface area contributed by atoms with E-state index in [2.05, 4.69) is 11.8 Å². The van der Waals surface area contributed by atoms with Gasteiger partial charge in [0.25, 0.3) is 0 Å². The Morgan fingerprint density at radius 2 is 2.50 bits per heavy atom. The summed E-state index contributed by atoms with van der Waals surface area (Å²) in [5.74, 6) is 0. The van der Waals surface area contributed by atoms with Gasteiger partial charge in [0.05, 0.1) is 0 Å². The van der Waals surface area contributed by atoms with Crippen LogP contribution in [-0.4, -0.2) is 0 Å². The van der Waals surface area contributed by atoms with Gasteiger partial charge in [-0.2, -0.15) is 0 Å². The highest BCUT2D eigenvalue weighted by Crippen LogP contribution is 2.17. The third kappa shape index (κ3) is 4.61. The fourth-order valence-electron chi connectivity index (χ4n) is 0.0857. The van der Waals surface area contributed by atoms with Crippen LogP contribution in [0.3, 0.4) is 0 Å². The smallest absolute Gasteiger partial charge is 0.0476 e. The molecule has 0 unspecified atom stereocenters. The SMILES string of the molecule is CC=CSP=S. The van der Waals surface area contributed by atoms with E-state index in [0.717, 1.165) is 6.56 Å². The summed E-state index contributed by atoms with van der Waals surface area (Å²) < 4.78 is 0. The Morgan fingerprint density at radius 3 is 2.67 bits per heavy atom. The van der Waals surface area contributed by atoms with E-state index in [9.17, 15) is 0 Å². The molecule has 0 fully saturated rings. The maximum Gasteiger partial charge on any atom is 0.0476 e. The lowest BCUT2D eigenvalue weighted by Crippen LogP contribution is -1.27. The van der Waals surface area contributed by atoms with Gasteiger partial charge in [0, 0.05) is 6.56 Å². The summed E-state index contributed by atoms with van der Waals surface area (Å²) in [4.78, 5) is 0. The highest BCUT2D eigenvalue weighted by atomic mass is 32.9.